The van der Waals surface area contributed by atoms with Crippen LogP contribution in [-0.2, 0) is 0 Å². The van der Waals surface area contributed by atoms with Crippen LogP contribution in [0, 0.1) is 18.3 Å². The van der Waals surface area contributed by atoms with Gasteiger partial charge < -0.3 is 4.74 Å². The van der Waals surface area contributed by atoms with E-state index in [0.717, 1.165) is 25.0 Å². The topological polar surface area (TPSA) is 45.0 Å². The third-order valence-electron chi connectivity index (χ3n) is 3.42. The van der Waals surface area contributed by atoms with E-state index in [2.05, 4.69) is 39.1 Å². The van der Waals surface area contributed by atoms with Crippen molar-refractivity contribution in [2.24, 2.45) is 0 Å². The van der Waals surface area contributed by atoms with Gasteiger partial charge in [0.2, 0.25) is 0 Å². The molecular weight excluding hydrogens is 248 g/mol. The molecule has 110 valence electrons. The van der Waals surface area contributed by atoms with Gasteiger partial charge in [0.25, 0.3) is 0 Å². The number of hydrogen-bond donors (Lipinski definition) is 1. The van der Waals surface area contributed by atoms with E-state index in [0.29, 0.717) is 12.6 Å². The van der Waals surface area contributed by atoms with Gasteiger partial charge in [-0.3, -0.25) is 5.32 Å². The molecule has 0 amide bonds. The lowest BCUT2D eigenvalue weighted by Gasteiger charge is -2.29. The number of aryl methyl sites for hydroxylation is 1. The van der Waals surface area contributed by atoms with E-state index in [1.165, 1.54) is 5.56 Å². The number of ether oxygens (including phenoxy) is 1. The predicted molar refractivity (Wildman–Crippen MR) is 82.8 cm³/mol. The fourth-order valence-electron chi connectivity index (χ4n) is 2.27. The van der Waals surface area contributed by atoms with Crippen molar-refractivity contribution in [1.82, 2.24) is 5.32 Å². The number of hydrogen-bond acceptors (Lipinski definition) is 3. The van der Waals surface area contributed by atoms with E-state index < -0.39 is 5.54 Å². The molecule has 1 atom stereocenters. The van der Waals surface area contributed by atoms with Gasteiger partial charge in [0.15, 0.2) is 0 Å². The molecule has 0 aliphatic heterocycles. The Hall–Kier alpha value is -1.53. The molecule has 0 spiro atoms. The van der Waals surface area contributed by atoms with E-state index in [-0.39, 0.29) is 0 Å². The van der Waals surface area contributed by atoms with Gasteiger partial charge >= 0.3 is 0 Å². The highest BCUT2D eigenvalue weighted by Crippen LogP contribution is 2.18. The summed E-state index contributed by atoms with van der Waals surface area (Å²) in [5.41, 5.74) is 0.804. The van der Waals surface area contributed by atoms with Gasteiger partial charge in [-0.2, -0.15) is 5.26 Å². The van der Waals surface area contributed by atoms with Crippen LogP contribution in [0.4, 0.5) is 0 Å². The molecule has 3 nitrogen and oxygen atoms in total. The molecule has 0 aliphatic carbocycles. The monoisotopic (exact) mass is 274 g/mol. The summed E-state index contributed by atoms with van der Waals surface area (Å²) in [5.74, 6) is 0.895. The van der Waals surface area contributed by atoms with E-state index in [1.54, 1.807) is 0 Å². The van der Waals surface area contributed by atoms with Crippen molar-refractivity contribution in [3.8, 4) is 11.8 Å². The van der Waals surface area contributed by atoms with Crippen molar-refractivity contribution >= 4 is 0 Å². The lowest BCUT2D eigenvalue weighted by Crippen LogP contribution is -2.47. The maximum absolute atomic E-state index is 9.42. The van der Waals surface area contributed by atoms with Gasteiger partial charge in [0.05, 0.1) is 12.7 Å². The second-order valence-electron chi connectivity index (χ2n) is 5.61. The third kappa shape index (κ3) is 5.22. The zero-order valence-electron chi connectivity index (χ0n) is 13.1. The SMILES string of the molecule is CCC(C#N)(CCCOc1ccc(C)cc1)NC(C)C. The molecule has 1 unspecified atom stereocenters. The highest BCUT2D eigenvalue weighted by molar-refractivity contribution is 5.26. The molecule has 1 aromatic rings. The molecule has 0 aliphatic rings. The van der Waals surface area contributed by atoms with Crippen LogP contribution < -0.4 is 10.1 Å². The van der Waals surface area contributed by atoms with Gasteiger partial charge in [0, 0.05) is 6.04 Å². The van der Waals surface area contributed by atoms with E-state index >= 15 is 0 Å². The Morgan fingerprint density at radius 3 is 2.45 bits per heavy atom. The van der Waals surface area contributed by atoms with Crippen LogP contribution in [0.15, 0.2) is 24.3 Å². The molecule has 1 rings (SSSR count). The van der Waals surface area contributed by atoms with Crippen LogP contribution in [-0.4, -0.2) is 18.2 Å². The van der Waals surface area contributed by atoms with Crippen LogP contribution in [0.3, 0.4) is 0 Å². The molecule has 0 heterocycles. The van der Waals surface area contributed by atoms with Crippen molar-refractivity contribution in [2.75, 3.05) is 6.61 Å². The molecule has 1 aromatic carbocycles. The van der Waals surface area contributed by atoms with E-state index in [9.17, 15) is 5.26 Å². The van der Waals surface area contributed by atoms with Crippen LogP contribution in [0.1, 0.15) is 45.6 Å². The average molecular weight is 274 g/mol. The van der Waals surface area contributed by atoms with Crippen molar-refractivity contribution in [3.63, 3.8) is 0 Å². The van der Waals surface area contributed by atoms with Gasteiger partial charge in [0.1, 0.15) is 11.3 Å². The maximum atomic E-state index is 9.42. The summed E-state index contributed by atoms with van der Waals surface area (Å²) >= 11 is 0. The minimum Gasteiger partial charge on any atom is -0.494 e. The Labute approximate surface area is 123 Å². The van der Waals surface area contributed by atoms with Crippen molar-refractivity contribution in [2.45, 2.75) is 58.5 Å². The van der Waals surface area contributed by atoms with Crippen LogP contribution in [0.25, 0.3) is 0 Å². The predicted octanol–water partition coefficient (Wildman–Crippen LogP) is 3.82. The summed E-state index contributed by atoms with van der Waals surface area (Å²) in [6.45, 7) is 8.91. The molecular formula is C17H26N2O. The lowest BCUT2D eigenvalue weighted by atomic mass is 9.91. The van der Waals surface area contributed by atoms with E-state index in [4.69, 9.17) is 4.74 Å². The Morgan fingerprint density at radius 2 is 1.95 bits per heavy atom. The summed E-state index contributed by atoms with van der Waals surface area (Å²) in [6.07, 6.45) is 2.49. The number of nitrogens with one attached hydrogen (secondary N) is 1. The highest BCUT2D eigenvalue weighted by Gasteiger charge is 2.27. The van der Waals surface area contributed by atoms with E-state index in [1.807, 2.05) is 24.3 Å². The normalized spacial score (nSPS) is 13.8. The first-order valence-corrected chi connectivity index (χ1v) is 7.40. The highest BCUT2D eigenvalue weighted by atomic mass is 16.5. The zero-order valence-corrected chi connectivity index (χ0v) is 13.1. The van der Waals surface area contributed by atoms with Gasteiger partial charge in [-0.05, 0) is 52.2 Å². The summed E-state index contributed by atoms with van der Waals surface area (Å²) in [7, 11) is 0. The fourth-order valence-corrected chi connectivity index (χ4v) is 2.27. The maximum Gasteiger partial charge on any atom is 0.119 e. The number of benzene rings is 1. The minimum absolute atomic E-state index is 0.313. The van der Waals surface area contributed by atoms with Crippen molar-refractivity contribution in [3.05, 3.63) is 29.8 Å². The molecule has 0 fully saturated rings. The molecule has 20 heavy (non-hydrogen) atoms. The first kappa shape index (κ1) is 16.5. The van der Waals surface area contributed by atoms with Gasteiger partial charge in [-0.1, -0.05) is 24.6 Å². The quantitative estimate of drug-likeness (QED) is 0.733. The first-order chi connectivity index (χ1) is 9.51. The molecule has 0 saturated carbocycles. The van der Waals surface area contributed by atoms with Gasteiger partial charge in [-0.25, -0.2) is 0 Å². The largest absolute Gasteiger partial charge is 0.494 e. The van der Waals surface area contributed by atoms with Crippen molar-refractivity contribution in [1.29, 1.82) is 5.26 Å². The van der Waals surface area contributed by atoms with Crippen LogP contribution >= 0.6 is 0 Å². The first-order valence-electron chi connectivity index (χ1n) is 7.40. The third-order valence-corrected chi connectivity index (χ3v) is 3.42. The second kappa shape index (κ2) is 7.91. The Balaban J connectivity index is 2.41. The number of rotatable bonds is 8. The molecule has 3 heteroatoms. The number of nitriles is 1. The number of nitrogens with zero attached hydrogens (tertiary/aromatic N) is 1. The Kier molecular flexibility index (Phi) is 6.54. The zero-order chi connectivity index (χ0) is 15.0. The molecule has 0 bridgehead atoms. The Morgan fingerprint density at radius 1 is 1.30 bits per heavy atom. The lowest BCUT2D eigenvalue weighted by molar-refractivity contribution is 0.269. The van der Waals surface area contributed by atoms with Crippen LogP contribution in [0.2, 0.25) is 0 Å². The summed E-state index contributed by atoms with van der Waals surface area (Å²) < 4.78 is 5.71. The minimum atomic E-state index is -0.426. The smallest absolute Gasteiger partial charge is 0.119 e. The van der Waals surface area contributed by atoms with Crippen molar-refractivity contribution < 1.29 is 4.74 Å². The van der Waals surface area contributed by atoms with Crippen LogP contribution in [0.5, 0.6) is 5.75 Å². The molecule has 0 aromatic heterocycles. The summed E-state index contributed by atoms with van der Waals surface area (Å²) in [4.78, 5) is 0. The fraction of sp³-hybridized carbons (Fsp3) is 0.588. The Bertz CT molecular complexity index is 433. The average Bonchev–Trinajstić information content (AvgIpc) is 2.44. The summed E-state index contributed by atoms with van der Waals surface area (Å²) in [6, 6.07) is 10.8. The standard InChI is InChI=1S/C17H26N2O/c1-5-17(13-18,19-14(2)3)11-6-12-20-16-9-7-15(4)8-10-16/h7-10,14,19H,5-6,11-12H2,1-4H3. The molecule has 0 radical (unpaired) electrons. The molecule has 1 N–H and O–H groups in total. The van der Waals surface area contributed by atoms with Gasteiger partial charge in [-0.15, -0.1) is 0 Å². The second-order valence-corrected chi connectivity index (χ2v) is 5.61. The summed E-state index contributed by atoms with van der Waals surface area (Å²) in [5, 5.41) is 12.8. The molecule has 0 saturated heterocycles.